The van der Waals surface area contributed by atoms with E-state index in [0.717, 1.165) is 12.5 Å². The molecule has 0 amide bonds. The summed E-state index contributed by atoms with van der Waals surface area (Å²) in [7, 11) is 0. The summed E-state index contributed by atoms with van der Waals surface area (Å²) in [5.74, 6) is 0.852. The van der Waals surface area contributed by atoms with E-state index in [-0.39, 0.29) is 0 Å². The molecule has 1 atom stereocenters. The first-order valence-electron chi connectivity index (χ1n) is 8.93. The van der Waals surface area contributed by atoms with E-state index < -0.39 is 0 Å². The quantitative estimate of drug-likeness (QED) is 0.737. The molecule has 0 spiro atoms. The maximum atomic E-state index is 3.75. The van der Waals surface area contributed by atoms with Crippen molar-refractivity contribution in [2.75, 3.05) is 6.54 Å². The molecule has 1 aromatic carbocycles. The Labute approximate surface area is 131 Å². The van der Waals surface area contributed by atoms with Crippen molar-refractivity contribution in [1.29, 1.82) is 0 Å². The monoisotopic (exact) mass is 287 g/mol. The molecule has 0 fully saturated rings. The van der Waals surface area contributed by atoms with Gasteiger partial charge in [-0.25, -0.2) is 0 Å². The fourth-order valence-electron chi connectivity index (χ4n) is 4.00. The van der Waals surface area contributed by atoms with Crippen LogP contribution in [0.4, 0.5) is 0 Å². The third-order valence-electron chi connectivity index (χ3n) is 5.37. The van der Waals surface area contributed by atoms with Crippen LogP contribution in [0, 0.1) is 5.92 Å². The smallest absolute Gasteiger partial charge is 0.00833 e. The second kappa shape index (κ2) is 7.45. The molecule has 21 heavy (non-hydrogen) atoms. The molecule has 1 heteroatoms. The molecular weight excluding hydrogens is 254 g/mol. The summed E-state index contributed by atoms with van der Waals surface area (Å²) in [5, 5.41) is 3.75. The molecule has 2 rings (SSSR count). The van der Waals surface area contributed by atoms with E-state index in [1.54, 1.807) is 11.1 Å². The lowest BCUT2D eigenvalue weighted by Gasteiger charge is -2.42. The minimum absolute atomic E-state index is 0.357. The summed E-state index contributed by atoms with van der Waals surface area (Å²) in [4.78, 5) is 0. The van der Waals surface area contributed by atoms with Crippen LogP contribution < -0.4 is 5.32 Å². The van der Waals surface area contributed by atoms with E-state index in [9.17, 15) is 0 Å². The van der Waals surface area contributed by atoms with Crippen molar-refractivity contribution in [3.05, 3.63) is 35.4 Å². The lowest BCUT2D eigenvalue weighted by atomic mass is 9.65. The van der Waals surface area contributed by atoms with E-state index >= 15 is 0 Å². The van der Waals surface area contributed by atoms with Gasteiger partial charge in [0.15, 0.2) is 0 Å². The molecule has 1 aliphatic carbocycles. The zero-order valence-electron chi connectivity index (χ0n) is 14.4. The molecule has 0 saturated carbocycles. The van der Waals surface area contributed by atoms with Crippen molar-refractivity contribution in [3.63, 3.8) is 0 Å². The van der Waals surface area contributed by atoms with Gasteiger partial charge in [0.2, 0.25) is 0 Å². The fourth-order valence-corrected chi connectivity index (χ4v) is 4.00. The lowest BCUT2D eigenvalue weighted by molar-refractivity contribution is 0.250. The minimum atomic E-state index is 0.357. The van der Waals surface area contributed by atoms with Gasteiger partial charge >= 0.3 is 0 Å². The van der Waals surface area contributed by atoms with E-state index in [0.29, 0.717) is 11.5 Å². The van der Waals surface area contributed by atoms with E-state index in [1.165, 1.54) is 38.5 Å². The molecule has 0 radical (unpaired) electrons. The van der Waals surface area contributed by atoms with Crippen LogP contribution in [-0.2, 0) is 11.8 Å². The van der Waals surface area contributed by atoms with Crippen molar-refractivity contribution in [2.45, 2.75) is 77.7 Å². The molecule has 1 nitrogen and oxygen atoms in total. The first-order chi connectivity index (χ1) is 10.1. The molecule has 1 aliphatic rings. The zero-order chi connectivity index (χ0) is 15.3. The Morgan fingerprint density at radius 3 is 2.52 bits per heavy atom. The van der Waals surface area contributed by atoms with Crippen LogP contribution in [-0.4, -0.2) is 12.6 Å². The SMILES string of the molecule is CCC(CC)CC1(CNC(C)C)CCCc2ccccc21. The normalized spacial score (nSPS) is 21.8. The zero-order valence-corrected chi connectivity index (χ0v) is 14.4. The summed E-state index contributed by atoms with van der Waals surface area (Å²) in [6.45, 7) is 10.4. The Morgan fingerprint density at radius 2 is 1.86 bits per heavy atom. The van der Waals surface area contributed by atoms with Gasteiger partial charge in [-0.15, -0.1) is 0 Å². The van der Waals surface area contributed by atoms with Gasteiger partial charge < -0.3 is 5.32 Å². The Hall–Kier alpha value is -0.820. The predicted molar refractivity (Wildman–Crippen MR) is 92.9 cm³/mol. The van der Waals surface area contributed by atoms with Crippen molar-refractivity contribution in [1.82, 2.24) is 5.32 Å². The molecule has 0 aliphatic heterocycles. The topological polar surface area (TPSA) is 12.0 Å². The van der Waals surface area contributed by atoms with Gasteiger partial charge in [-0.3, -0.25) is 0 Å². The van der Waals surface area contributed by atoms with Gasteiger partial charge in [0.1, 0.15) is 0 Å². The number of nitrogens with one attached hydrogen (secondary N) is 1. The predicted octanol–water partition coefficient (Wildman–Crippen LogP) is 5.09. The molecule has 0 heterocycles. The Balaban J connectivity index is 2.32. The van der Waals surface area contributed by atoms with Crippen LogP contribution in [0.25, 0.3) is 0 Å². The van der Waals surface area contributed by atoms with Gasteiger partial charge in [0, 0.05) is 18.0 Å². The third kappa shape index (κ3) is 3.88. The Bertz CT molecular complexity index is 433. The molecule has 1 N–H and O–H groups in total. The van der Waals surface area contributed by atoms with Crippen LogP contribution >= 0.6 is 0 Å². The van der Waals surface area contributed by atoms with Gasteiger partial charge in [-0.2, -0.15) is 0 Å². The highest BCUT2D eigenvalue weighted by atomic mass is 14.9. The highest BCUT2D eigenvalue weighted by molar-refractivity contribution is 5.37. The molecule has 0 bridgehead atoms. The van der Waals surface area contributed by atoms with E-state index in [2.05, 4.69) is 57.3 Å². The second-order valence-corrected chi connectivity index (χ2v) is 7.21. The first kappa shape index (κ1) is 16.5. The summed E-state index contributed by atoms with van der Waals surface area (Å²) in [5.41, 5.74) is 3.59. The van der Waals surface area contributed by atoms with Crippen molar-refractivity contribution >= 4 is 0 Å². The highest BCUT2D eigenvalue weighted by Gasteiger charge is 2.37. The molecule has 0 saturated heterocycles. The van der Waals surface area contributed by atoms with Gasteiger partial charge in [-0.1, -0.05) is 64.8 Å². The standard InChI is InChI=1S/C20H33N/c1-5-17(6-2)14-20(15-21-16(3)4)13-9-11-18-10-7-8-12-19(18)20/h7-8,10,12,16-17,21H,5-6,9,11,13-15H2,1-4H3. The fraction of sp³-hybridized carbons (Fsp3) is 0.700. The van der Waals surface area contributed by atoms with E-state index in [4.69, 9.17) is 0 Å². The van der Waals surface area contributed by atoms with Crippen LogP contribution in [0.1, 0.15) is 70.9 Å². The second-order valence-electron chi connectivity index (χ2n) is 7.21. The average Bonchev–Trinajstić information content (AvgIpc) is 2.51. The average molecular weight is 287 g/mol. The summed E-state index contributed by atoms with van der Waals surface area (Å²) in [6, 6.07) is 9.77. The van der Waals surface area contributed by atoms with Crippen molar-refractivity contribution in [2.24, 2.45) is 5.92 Å². The molecule has 118 valence electrons. The summed E-state index contributed by atoms with van der Waals surface area (Å²) < 4.78 is 0. The van der Waals surface area contributed by atoms with Crippen LogP contribution in [0.5, 0.6) is 0 Å². The Morgan fingerprint density at radius 1 is 1.14 bits per heavy atom. The third-order valence-corrected chi connectivity index (χ3v) is 5.37. The van der Waals surface area contributed by atoms with Gasteiger partial charge in [-0.05, 0) is 42.7 Å². The van der Waals surface area contributed by atoms with Crippen LogP contribution in [0.15, 0.2) is 24.3 Å². The Kier molecular flexibility index (Phi) is 5.87. The number of benzene rings is 1. The molecule has 0 aromatic heterocycles. The maximum Gasteiger partial charge on any atom is 0.00833 e. The molecule has 1 unspecified atom stereocenters. The molecule has 1 aromatic rings. The molecular formula is C20H33N. The number of fused-ring (bicyclic) bond motifs is 1. The van der Waals surface area contributed by atoms with E-state index in [1.807, 2.05) is 0 Å². The summed E-state index contributed by atoms with van der Waals surface area (Å²) in [6.07, 6.45) is 7.92. The number of hydrogen-bond donors (Lipinski definition) is 1. The first-order valence-corrected chi connectivity index (χ1v) is 8.93. The van der Waals surface area contributed by atoms with Crippen LogP contribution in [0.2, 0.25) is 0 Å². The number of hydrogen-bond acceptors (Lipinski definition) is 1. The largest absolute Gasteiger partial charge is 0.314 e. The van der Waals surface area contributed by atoms with Crippen molar-refractivity contribution < 1.29 is 0 Å². The number of aryl methyl sites for hydroxylation is 1. The van der Waals surface area contributed by atoms with Gasteiger partial charge in [0.25, 0.3) is 0 Å². The van der Waals surface area contributed by atoms with Crippen LogP contribution in [0.3, 0.4) is 0 Å². The lowest BCUT2D eigenvalue weighted by Crippen LogP contribution is -2.44. The maximum absolute atomic E-state index is 3.75. The van der Waals surface area contributed by atoms with Crippen molar-refractivity contribution in [3.8, 4) is 0 Å². The number of rotatable bonds is 7. The van der Waals surface area contributed by atoms with Gasteiger partial charge in [0.05, 0.1) is 0 Å². The summed E-state index contributed by atoms with van der Waals surface area (Å²) >= 11 is 0. The minimum Gasteiger partial charge on any atom is -0.314 e. The highest BCUT2D eigenvalue weighted by Crippen LogP contribution is 2.42.